The molecule has 1 fully saturated rings. The van der Waals surface area contributed by atoms with E-state index in [0.29, 0.717) is 11.8 Å². The van der Waals surface area contributed by atoms with E-state index in [2.05, 4.69) is 169 Å². The molecule has 0 nitrogen and oxygen atoms in total. The van der Waals surface area contributed by atoms with Gasteiger partial charge in [-0.05, 0) is 70.5 Å². The molecule has 0 amide bonds. The van der Waals surface area contributed by atoms with Gasteiger partial charge >= 0.3 is 0 Å². The summed E-state index contributed by atoms with van der Waals surface area (Å²) in [5.74, 6) is 1.41. The molecular weight excluding hydrogens is 633 g/mol. The van der Waals surface area contributed by atoms with Crippen LogP contribution >= 0.6 is 46.2 Å². The van der Waals surface area contributed by atoms with Gasteiger partial charge < -0.3 is 0 Å². The van der Waals surface area contributed by atoms with Crippen LogP contribution in [0.4, 0.5) is 0 Å². The maximum absolute atomic E-state index is 2.45. The highest BCUT2D eigenvalue weighted by Gasteiger charge is 2.48. The van der Waals surface area contributed by atoms with E-state index in [1.807, 2.05) is 22.7 Å². The Hall–Kier alpha value is -3.54. The van der Waals surface area contributed by atoms with Gasteiger partial charge in [-0.3, -0.25) is 0 Å². The molecule has 224 valence electrons. The van der Waals surface area contributed by atoms with Crippen molar-refractivity contribution in [3.63, 3.8) is 0 Å². The number of rotatable bonds is 6. The van der Waals surface area contributed by atoms with Gasteiger partial charge in [0, 0.05) is 51.6 Å². The van der Waals surface area contributed by atoms with Crippen LogP contribution in [0.1, 0.15) is 55.3 Å². The molecule has 4 unspecified atom stereocenters. The summed E-state index contributed by atoms with van der Waals surface area (Å²) in [5.41, 5.74) is 7.57. The summed E-state index contributed by atoms with van der Waals surface area (Å²) in [6.07, 6.45) is 11.8. The predicted molar refractivity (Wildman–Crippen MR) is 204 cm³/mol. The zero-order valence-electron chi connectivity index (χ0n) is 25.2. The molecule has 0 spiro atoms. The molecule has 2 aromatic heterocycles. The maximum atomic E-state index is 2.45. The van der Waals surface area contributed by atoms with Gasteiger partial charge in [-0.2, -0.15) is 0 Å². The first kappa shape index (κ1) is 28.7. The number of fused-ring (bicyclic) bond motifs is 6. The van der Waals surface area contributed by atoms with Gasteiger partial charge in [0.15, 0.2) is 0 Å². The number of hydrogen-bond acceptors (Lipinski definition) is 4. The highest BCUT2D eigenvalue weighted by molar-refractivity contribution is 8.01. The van der Waals surface area contributed by atoms with Crippen LogP contribution in [0.2, 0.25) is 0 Å². The zero-order valence-corrected chi connectivity index (χ0v) is 28.5. The van der Waals surface area contributed by atoms with Crippen molar-refractivity contribution in [3.05, 3.63) is 152 Å². The number of thiophene rings is 2. The first-order valence-corrected chi connectivity index (χ1v) is 19.4. The molecule has 1 aliphatic carbocycles. The molecule has 6 aromatic rings. The lowest BCUT2D eigenvalue weighted by atomic mass is 9.80. The number of benzene rings is 4. The van der Waals surface area contributed by atoms with E-state index in [1.54, 1.807) is 9.75 Å². The second-order valence-corrected chi connectivity index (χ2v) is 17.2. The molecular formula is C42H32S4. The van der Waals surface area contributed by atoms with Crippen LogP contribution in [0.25, 0.3) is 46.6 Å². The van der Waals surface area contributed by atoms with Crippen LogP contribution in [0.15, 0.2) is 131 Å². The molecule has 0 N–H and O–H groups in total. The van der Waals surface area contributed by atoms with E-state index in [0.717, 1.165) is 10.5 Å². The van der Waals surface area contributed by atoms with Crippen molar-refractivity contribution in [3.8, 4) is 22.3 Å². The zero-order chi connectivity index (χ0) is 30.5. The average Bonchev–Trinajstić information content (AvgIpc) is 3.86. The Balaban J connectivity index is 0.847. The third-order valence-electron chi connectivity index (χ3n) is 9.50. The number of hydrogen-bond donors (Lipinski definition) is 0. The third-order valence-corrected chi connectivity index (χ3v) is 15.1. The van der Waals surface area contributed by atoms with Crippen molar-refractivity contribution in [2.45, 2.75) is 45.0 Å². The molecule has 0 saturated heterocycles. The van der Waals surface area contributed by atoms with Gasteiger partial charge in [-0.15, -0.1) is 46.2 Å². The van der Waals surface area contributed by atoms with E-state index in [4.69, 9.17) is 0 Å². The molecule has 4 heterocycles. The minimum absolute atomic E-state index is 0.707. The third kappa shape index (κ3) is 5.56. The minimum Gasteiger partial charge on any atom is -0.139 e. The second kappa shape index (κ2) is 12.2. The minimum atomic E-state index is 0.707. The van der Waals surface area contributed by atoms with Crippen molar-refractivity contribution in [1.82, 2.24) is 0 Å². The molecule has 1 saturated carbocycles. The van der Waals surface area contributed by atoms with Crippen molar-refractivity contribution in [2.24, 2.45) is 0 Å². The van der Waals surface area contributed by atoms with Gasteiger partial charge in [-0.25, -0.2) is 0 Å². The summed E-state index contributed by atoms with van der Waals surface area (Å²) in [4.78, 5) is 9.13. The number of thioether (sulfide) groups is 2. The van der Waals surface area contributed by atoms with Crippen LogP contribution in [-0.2, 0) is 0 Å². The lowest BCUT2D eigenvalue weighted by Crippen LogP contribution is -2.28. The smallest absolute Gasteiger partial charge is 0.0285 e. The fourth-order valence-electron chi connectivity index (χ4n) is 7.14. The highest BCUT2D eigenvalue weighted by Crippen LogP contribution is 2.63. The molecule has 4 atom stereocenters. The molecule has 0 bridgehead atoms. The summed E-state index contributed by atoms with van der Waals surface area (Å²) in [6, 6.07) is 43.9. The van der Waals surface area contributed by atoms with Gasteiger partial charge in [-0.1, -0.05) is 121 Å². The SMILES string of the molecule is C(=C\c1cc2c(s1)C1CC3Sc4cc(/C=C/c5ccc(-c6ccccc6)cc5)sc4C3CC1S2)/c1ccc(-c2ccccc2)cc1. The largest absolute Gasteiger partial charge is 0.139 e. The monoisotopic (exact) mass is 664 g/mol. The van der Waals surface area contributed by atoms with Crippen molar-refractivity contribution in [2.75, 3.05) is 0 Å². The second-order valence-electron chi connectivity index (χ2n) is 12.4. The normalized spacial score (nSPS) is 21.4. The molecule has 3 aliphatic rings. The molecule has 46 heavy (non-hydrogen) atoms. The summed E-state index contributed by atoms with van der Waals surface area (Å²) in [5, 5.41) is 1.45. The first-order valence-electron chi connectivity index (χ1n) is 16.0. The van der Waals surface area contributed by atoms with Crippen molar-refractivity contribution < 1.29 is 0 Å². The van der Waals surface area contributed by atoms with Gasteiger partial charge in [0.1, 0.15) is 0 Å². The Kier molecular flexibility index (Phi) is 7.63. The van der Waals surface area contributed by atoms with Gasteiger partial charge in [0.05, 0.1) is 0 Å². The van der Waals surface area contributed by atoms with E-state index >= 15 is 0 Å². The fourth-order valence-corrected chi connectivity index (χ4v) is 13.3. The Morgan fingerprint density at radius 3 is 1.24 bits per heavy atom. The summed E-state index contributed by atoms with van der Waals surface area (Å²) < 4.78 is 0. The fraction of sp³-hybridized carbons (Fsp3) is 0.143. The van der Waals surface area contributed by atoms with E-state index in [-0.39, 0.29) is 0 Å². The summed E-state index contributed by atoms with van der Waals surface area (Å²) >= 11 is 8.38. The van der Waals surface area contributed by atoms with Crippen LogP contribution in [-0.4, -0.2) is 10.5 Å². The van der Waals surface area contributed by atoms with Crippen LogP contribution in [0.5, 0.6) is 0 Å². The highest BCUT2D eigenvalue weighted by atomic mass is 32.2. The van der Waals surface area contributed by atoms with Crippen molar-refractivity contribution in [1.29, 1.82) is 0 Å². The first-order chi connectivity index (χ1) is 22.7. The summed E-state index contributed by atoms with van der Waals surface area (Å²) in [7, 11) is 0. The van der Waals surface area contributed by atoms with E-state index < -0.39 is 0 Å². The standard InChI is InChI=1S/C42H32S4/c1-3-7-29(8-4-1)31-17-11-27(12-18-31)15-21-33-23-39-41(43-33)35-25-38-36(26-37(35)45-39)42-40(46-38)24-34(44-42)22-16-28-13-19-32(20-14-28)30-9-5-2-6-10-30/h1-24,35-38H,25-26H2/b21-15+,22-16+. The van der Waals surface area contributed by atoms with Crippen molar-refractivity contribution >= 4 is 70.5 Å². The topological polar surface area (TPSA) is 0 Å². The predicted octanol–water partition coefficient (Wildman–Crippen LogP) is 13.1. The quantitative estimate of drug-likeness (QED) is 0.174. The van der Waals surface area contributed by atoms with Crippen LogP contribution in [0.3, 0.4) is 0 Å². The average molecular weight is 665 g/mol. The van der Waals surface area contributed by atoms with Crippen LogP contribution in [0, 0.1) is 0 Å². The summed E-state index contributed by atoms with van der Waals surface area (Å²) in [6.45, 7) is 0. The van der Waals surface area contributed by atoms with Gasteiger partial charge in [0.25, 0.3) is 0 Å². The maximum Gasteiger partial charge on any atom is 0.0285 e. The molecule has 0 radical (unpaired) electrons. The Labute approximate surface area is 287 Å². The molecule has 4 heteroatoms. The lowest BCUT2D eigenvalue weighted by Gasteiger charge is -2.33. The lowest BCUT2D eigenvalue weighted by molar-refractivity contribution is 0.435. The molecule has 2 aliphatic heterocycles. The molecule has 9 rings (SSSR count). The Bertz CT molecular complexity index is 1900. The Morgan fingerprint density at radius 2 is 0.826 bits per heavy atom. The van der Waals surface area contributed by atoms with E-state index in [1.165, 1.54) is 65.8 Å². The Morgan fingerprint density at radius 1 is 0.435 bits per heavy atom. The van der Waals surface area contributed by atoms with Crippen LogP contribution < -0.4 is 0 Å². The molecule has 4 aromatic carbocycles. The van der Waals surface area contributed by atoms with Gasteiger partial charge in [0.2, 0.25) is 0 Å². The van der Waals surface area contributed by atoms with E-state index in [9.17, 15) is 0 Å².